The SMILES string of the molecule is O=C(Cl)C[C@@H](c1ccccc1)c1ccc(Cl)cc1. The lowest BCUT2D eigenvalue weighted by Gasteiger charge is -2.16. The van der Waals surface area contributed by atoms with E-state index in [0.29, 0.717) is 5.02 Å². The first-order valence-electron chi connectivity index (χ1n) is 5.65. The Morgan fingerprint density at radius 2 is 1.50 bits per heavy atom. The van der Waals surface area contributed by atoms with Crippen LogP contribution in [0.3, 0.4) is 0 Å². The van der Waals surface area contributed by atoms with Gasteiger partial charge < -0.3 is 0 Å². The van der Waals surface area contributed by atoms with Crippen LogP contribution in [0.1, 0.15) is 23.5 Å². The third-order valence-corrected chi connectivity index (χ3v) is 3.25. The van der Waals surface area contributed by atoms with Crippen molar-refractivity contribution in [1.29, 1.82) is 0 Å². The lowest BCUT2D eigenvalue weighted by molar-refractivity contribution is -0.111. The van der Waals surface area contributed by atoms with Gasteiger partial charge in [0, 0.05) is 17.4 Å². The van der Waals surface area contributed by atoms with E-state index in [1.165, 1.54) is 0 Å². The number of carbonyl (C=O) groups excluding carboxylic acids is 1. The molecule has 1 nitrogen and oxygen atoms in total. The van der Waals surface area contributed by atoms with Gasteiger partial charge in [-0.15, -0.1) is 0 Å². The first-order valence-corrected chi connectivity index (χ1v) is 6.41. The number of halogens is 2. The predicted molar refractivity (Wildman–Crippen MR) is 75.2 cm³/mol. The summed E-state index contributed by atoms with van der Waals surface area (Å²) in [4.78, 5) is 11.2. The fourth-order valence-electron chi connectivity index (χ4n) is 1.97. The first kappa shape index (κ1) is 13.1. The zero-order valence-corrected chi connectivity index (χ0v) is 11.2. The Balaban J connectivity index is 2.36. The molecule has 0 aromatic heterocycles. The fraction of sp³-hybridized carbons (Fsp3) is 0.133. The van der Waals surface area contributed by atoms with Crippen LogP contribution in [0.4, 0.5) is 0 Å². The summed E-state index contributed by atoms with van der Waals surface area (Å²) in [6.07, 6.45) is 0.285. The van der Waals surface area contributed by atoms with Gasteiger partial charge in [0.05, 0.1) is 0 Å². The van der Waals surface area contributed by atoms with Crippen LogP contribution in [-0.2, 0) is 4.79 Å². The van der Waals surface area contributed by atoms with Crippen LogP contribution >= 0.6 is 23.2 Å². The molecule has 0 heterocycles. The number of hydrogen-bond acceptors (Lipinski definition) is 1. The van der Waals surface area contributed by atoms with Crippen LogP contribution in [-0.4, -0.2) is 5.24 Å². The van der Waals surface area contributed by atoms with Gasteiger partial charge in [0.15, 0.2) is 0 Å². The highest BCUT2D eigenvalue weighted by atomic mass is 35.5. The van der Waals surface area contributed by atoms with E-state index in [0.717, 1.165) is 11.1 Å². The van der Waals surface area contributed by atoms with Crippen LogP contribution in [0.2, 0.25) is 5.02 Å². The topological polar surface area (TPSA) is 17.1 Å². The lowest BCUT2D eigenvalue weighted by Crippen LogP contribution is -2.04. The Morgan fingerprint density at radius 1 is 0.944 bits per heavy atom. The summed E-state index contributed by atoms with van der Waals surface area (Å²) in [5.41, 5.74) is 2.12. The Hall–Kier alpha value is -1.31. The van der Waals surface area contributed by atoms with Gasteiger partial charge in [-0.1, -0.05) is 54.1 Å². The number of hydrogen-bond donors (Lipinski definition) is 0. The van der Waals surface area contributed by atoms with Crippen LogP contribution in [0, 0.1) is 0 Å². The molecule has 0 bridgehead atoms. The van der Waals surface area contributed by atoms with Gasteiger partial charge in [-0.2, -0.15) is 0 Å². The maximum absolute atomic E-state index is 11.2. The molecule has 1 atom stereocenters. The molecular weight excluding hydrogens is 267 g/mol. The van der Waals surface area contributed by atoms with Crippen molar-refractivity contribution in [2.45, 2.75) is 12.3 Å². The number of carbonyl (C=O) groups is 1. The van der Waals surface area contributed by atoms with E-state index in [1.807, 2.05) is 54.6 Å². The number of benzene rings is 2. The average Bonchev–Trinajstić information content (AvgIpc) is 2.38. The summed E-state index contributed by atoms with van der Waals surface area (Å²) in [7, 11) is 0. The second-order valence-electron chi connectivity index (χ2n) is 4.07. The molecule has 0 aliphatic heterocycles. The molecule has 0 saturated carbocycles. The largest absolute Gasteiger partial charge is 0.281 e. The third-order valence-electron chi connectivity index (χ3n) is 2.84. The van der Waals surface area contributed by atoms with Gasteiger partial charge in [0.1, 0.15) is 0 Å². The molecule has 0 aliphatic rings. The number of rotatable bonds is 4. The van der Waals surface area contributed by atoms with E-state index < -0.39 is 0 Å². The Kier molecular flexibility index (Phi) is 4.40. The summed E-state index contributed by atoms with van der Waals surface area (Å²) < 4.78 is 0. The van der Waals surface area contributed by atoms with Crippen molar-refractivity contribution in [1.82, 2.24) is 0 Å². The van der Waals surface area contributed by atoms with Crippen molar-refractivity contribution in [3.63, 3.8) is 0 Å². The second kappa shape index (κ2) is 6.03. The molecule has 0 fully saturated rings. The summed E-state index contributed by atoms with van der Waals surface area (Å²) in [6.45, 7) is 0. The quantitative estimate of drug-likeness (QED) is 0.746. The van der Waals surface area contributed by atoms with E-state index in [9.17, 15) is 4.79 Å². The molecular formula is C15H12Cl2O. The van der Waals surface area contributed by atoms with Crippen LogP contribution < -0.4 is 0 Å². The van der Waals surface area contributed by atoms with Crippen LogP contribution in [0.5, 0.6) is 0 Å². The fourth-order valence-corrected chi connectivity index (χ4v) is 2.25. The molecule has 2 aromatic carbocycles. The van der Waals surface area contributed by atoms with Gasteiger partial charge in [-0.3, -0.25) is 4.79 Å². The molecule has 3 heteroatoms. The predicted octanol–water partition coefficient (Wildman–Crippen LogP) is 4.63. The minimum atomic E-state index is -0.334. The molecule has 0 aliphatic carbocycles. The van der Waals surface area contributed by atoms with Crippen LogP contribution in [0.25, 0.3) is 0 Å². The first-order chi connectivity index (χ1) is 8.66. The molecule has 92 valence electrons. The zero-order chi connectivity index (χ0) is 13.0. The molecule has 0 spiro atoms. The Morgan fingerprint density at radius 3 is 2.06 bits per heavy atom. The van der Waals surface area contributed by atoms with Gasteiger partial charge in [-0.05, 0) is 34.9 Å². The van der Waals surface area contributed by atoms with Crippen LogP contribution in [0.15, 0.2) is 54.6 Å². The van der Waals surface area contributed by atoms with Gasteiger partial charge >= 0.3 is 0 Å². The molecule has 2 rings (SSSR count). The van der Waals surface area contributed by atoms with Crippen molar-refractivity contribution in [2.75, 3.05) is 0 Å². The van der Waals surface area contributed by atoms with E-state index in [-0.39, 0.29) is 17.6 Å². The Bertz CT molecular complexity index is 520. The highest BCUT2D eigenvalue weighted by Gasteiger charge is 2.16. The molecule has 2 aromatic rings. The highest BCUT2D eigenvalue weighted by Crippen LogP contribution is 2.29. The molecule has 0 saturated heterocycles. The average molecular weight is 279 g/mol. The van der Waals surface area contributed by atoms with E-state index in [4.69, 9.17) is 23.2 Å². The standard InChI is InChI=1S/C15H12Cl2O/c16-13-8-6-12(7-9-13)14(10-15(17)18)11-4-2-1-3-5-11/h1-9,14H,10H2/t14-/m0/s1. The van der Waals surface area contributed by atoms with E-state index in [2.05, 4.69) is 0 Å². The van der Waals surface area contributed by atoms with Gasteiger partial charge in [0.2, 0.25) is 5.24 Å². The van der Waals surface area contributed by atoms with Crippen molar-refractivity contribution in [3.8, 4) is 0 Å². The van der Waals surface area contributed by atoms with E-state index in [1.54, 1.807) is 0 Å². The minimum Gasteiger partial charge on any atom is -0.281 e. The normalized spacial score (nSPS) is 12.1. The van der Waals surface area contributed by atoms with E-state index >= 15 is 0 Å². The van der Waals surface area contributed by atoms with Crippen molar-refractivity contribution < 1.29 is 4.79 Å². The molecule has 0 radical (unpaired) electrons. The van der Waals surface area contributed by atoms with Crippen molar-refractivity contribution in [3.05, 3.63) is 70.7 Å². The molecule has 18 heavy (non-hydrogen) atoms. The van der Waals surface area contributed by atoms with Crippen molar-refractivity contribution >= 4 is 28.4 Å². The molecule has 0 unspecified atom stereocenters. The smallest absolute Gasteiger partial charge is 0.222 e. The maximum atomic E-state index is 11.2. The Labute approximate surface area is 116 Å². The summed E-state index contributed by atoms with van der Waals surface area (Å²) >= 11 is 11.4. The minimum absolute atomic E-state index is 0.0199. The lowest BCUT2D eigenvalue weighted by atomic mass is 9.89. The summed E-state index contributed by atoms with van der Waals surface area (Å²) in [6, 6.07) is 17.4. The highest BCUT2D eigenvalue weighted by molar-refractivity contribution is 6.63. The zero-order valence-electron chi connectivity index (χ0n) is 9.64. The second-order valence-corrected chi connectivity index (χ2v) is 4.93. The third kappa shape index (κ3) is 3.34. The van der Waals surface area contributed by atoms with Crippen molar-refractivity contribution in [2.24, 2.45) is 0 Å². The maximum Gasteiger partial charge on any atom is 0.222 e. The van der Waals surface area contributed by atoms with Gasteiger partial charge in [-0.25, -0.2) is 0 Å². The molecule has 0 amide bonds. The summed E-state index contributed by atoms with van der Waals surface area (Å²) in [5, 5.41) is 0.349. The van der Waals surface area contributed by atoms with Gasteiger partial charge in [0.25, 0.3) is 0 Å². The molecule has 0 N–H and O–H groups in total. The summed E-state index contributed by atoms with van der Waals surface area (Å²) in [5.74, 6) is -0.0199. The monoisotopic (exact) mass is 278 g/mol.